The molecule has 0 bridgehead atoms. The number of para-hydroxylation sites is 1. The molecular formula is C60H44N4. The number of hydrogen-bond donors (Lipinski definition) is 3. The van der Waals surface area contributed by atoms with E-state index >= 15 is 0 Å². The highest BCUT2D eigenvalue weighted by molar-refractivity contribution is 6.11. The third kappa shape index (κ3) is 7.20. The van der Waals surface area contributed by atoms with E-state index in [9.17, 15) is 0 Å². The second-order valence-corrected chi connectivity index (χ2v) is 16.9. The molecule has 0 aliphatic carbocycles. The lowest BCUT2D eigenvalue weighted by atomic mass is 9.92. The van der Waals surface area contributed by atoms with E-state index in [2.05, 4.69) is 246 Å². The summed E-state index contributed by atoms with van der Waals surface area (Å²) in [7, 11) is 0. The summed E-state index contributed by atoms with van der Waals surface area (Å²) in [5, 5.41) is 20.1. The van der Waals surface area contributed by atoms with Crippen molar-refractivity contribution in [3.8, 4) is 44.6 Å². The summed E-state index contributed by atoms with van der Waals surface area (Å²) >= 11 is 0. The average molecular weight is 821 g/mol. The summed E-state index contributed by atoms with van der Waals surface area (Å²) < 4.78 is 0. The quantitative estimate of drug-likeness (QED) is 0.140. The maximum Gasteiger partial charge on any atom is 0.0865 e. The lowest BCUT2D eigenvalue weighted by molar-refractivity contribution is 0.203. The molecule has 0 spiro atoms. The number of nitrogens with zero attached hydrogens (tertiary/aromatic N) is 1. The standard InChI is InChI=1S/C60H44N4/c1-3-14-42(15-4-1)58-62-59(43-16-5-2-6-17-43)64-60(63-58)52-37-50(41-25-23-40(24-26-41)45-28-27-39-13-7-8-18-44(39)33-45)36-51(38-52)48-30-29-47-35-49(32-31-46(47)34-48)57-55-21-10-9-19-53(55)54-20-11-12-22-56(54)61-57/h1-38,58-60,62-64H. The molecule has 2 unspecified atom stereocenters. The van der Waals surface area contributed by atoms with Gasteiger partial charge in [0.25, 0.3) is 0 Å². The smallest absolute Gasteiger partial charge is 0.0865 e. The highest BCUT2D eigenvalue weighted by Gasteiger charge is 2.30. The van der Waals surface area contributed by atoms with Gasteiger partial charge in [-0.15, -0.1) is 0 Å². The van der Waals surface area contributed by atoms with Crippen molar-refractivity contribution in [1.82, 2.24) is 20.9 Å². The summed E-state index contributed by atoms with van der Waals surface area (Å²) in [5.74, 6) is 0. The van der Waals surface area contributed by atoms with Crippen molar-refractivity contribution in [3.63, 3.8) is 0 Å². The van der Waals surface area contributed by atoms with Gasteiger partial charge in [0.15, 0.2) is 0 Å². The lowest BCUT2D eigenvalue weighted by Crippen LogP contribution is -2.54. The summed E-state index contributed by atoms with van der Waals surface area (Å²) in [6.07, 6.45) is -0.301. The molecule has 3 N–H and O–H groups in total. The number of rotatable bonds is 7. The molecule has 64 heavy (non-hydrogen) atoms. The molecule has 0 amide bonds. The van der Waals surface area contributed by atoms with Crippen LogP contribution < -0.4 is 16.0 Å². The first-order valence-electron chi connectivity index (χ1n) is 22.1. The van der Waals surface area contributed by atoms with Gasteiger partial charge in [0.2, 0.25) is 0 Å². The fourth-order valence-electron chi connectivity index (χ4n) is 9.59. The van der Waals surface area contributed by atoms with E-state index in [1.807, 2.05) is 0 Å². The minimum Gasteiger partial charge on any atom is -0.279 e. The van der Waals surface area contributed by atoms with Crippen molar-refractivity contribution in [2.75, 3.05) is 0 Å². The molecule has 2 atom stereocenters. The third-order valence-electron chi connectivity index (χ3n) is 12.9. The van der Waals surface area contributed by atoms with Crippen molar-refractivity contribution in [2.45, 2.75) is 18.5 Å². The monoisotopic (exact) mass is 820 g/mol. The van der Waals surface area contributed by atoms with Gasteiger partial charge in [-0.3, -0.25) is 16.0 Å². The Morgan fingerprint density at radius 3 is 1.34 bits per heavy atom. The zero-order valence-corrected chi connectivity index (χ0v) is 35.1. The number of hydrogen-bond acceptors (Lipinski definition) is 4. The number of pyridine rings is 1. The largest absolute Gasteiger partial charge is 0.279 e. The van der Waals surface area contributed by atoms with E-state index in [4.69, 9.17) is 4.98 Å². The van der Waals surface area contributed by atoms with Gasteiger partial charge in [-0.05, 0) is 119 Å². The Morgan fingerprint density at radius 1 is 0.266 bits per heavy atom. The third-order valence-corrected chi connectivity index (χ3v) is 12.9. The van der Waals surface area contributed by atoms with Crippen LogP contribution in [-0.4, -0.2) is 4.98 Å². The summed E-state index contributed by atoms with van der Waals surface area (Å²) in [6.45, 7) is 0. The Balaban J connectivity index is 0.953. The Kier molecular flexibility index (Phi) is 9.61. The molecule has 11 aromatic rings. The van der Waals surface area contributed by atoms with Crippen molar-refractivity contribution in [1.29, 1.82) is 0 Å². The fraction of sp³-hybridized carbons (Fsp3) is 0.0500. The predicted octanol–water partition coefficient (Wildman–Crippen LogP) is 14.5. The second kappa shape index (κ2) is 16.2. The molecule has 1 aliphatic rings. The number of aromatic nitrogens is 1. The van der Waals surface area contributed by atoms with Crippen molar-refractivity contribution < 1.29 is 0 Å². The van der Waals surface area contributed by atoms with E-state index in [1.165, 1.54) is 71.3 Å². The molecule has 1 aromatic heterocycles. The Morgan fingerprint density at radius 2 is 0.688 bits per heavy atom. The summed E-state index contributed by atoms with van der Waals surface area (Å²) in [6, 6.07) is 83.4. The first kappa shape index (κ1) is 38.0. The van der Waals surface area contributed by atoms with Crippen LogP contribution in [0, 0.1) is 0 Å². The molecule has 2 heterocycles. The van der Waals surface area contributed by atoms with Crippen LogP contribution in [0.15, 0.2) is 231 Å². The van der Waals surface area contributed by atoms with E-state index in [-0.39, 0.29) is 18.5 Å². The van der Waals surface area contributed by atoms with Gasteiger partial charge in [0.1, 0.15) is 0 Å². The molecule has 1 fully saturated rings. The minimum absolute atomic E-state index is 0.0740. The van der Waals surface area contributed by atoms with Gasteiger partial charge < -0.3 is 0 Å². The first-order chi connectivity index (χ1) is 31.7. The van der Waals surface area contributed by atoms with Gasteiger partial charge in [0.05, 0.1) is 29.7 Å². The fourth-order valence-corrected chi connectivity index (χ4v) is 9.59. The van der Waals surface area contributed by atoms with E-state index in [0.717, 1.165) is 33.3 Å². The maximum absolute atomic E-state index is 5.21. The van der Waals surface area contributed by atoms with Crippen molar-refractivity contribution >= 4 is 43.2 Å². The van der Waals surface area contributed by atoms with Crippen LogP contribution in [0.2, 0.25) is 0 Å². The van der Waals surface area contributed by atoms with Gasteiger partial charge in [0, 0.05) is 16.3 Å². The zero-order chi connectivity index (χ0) is 42.4. The highest BCUT2D eigenvalue weighted by atomic mass is 15.4. The maximum atomic E-state index is 5.21. The van der Waals surface area contributed by atoms with Crippen LogP contribution in [0.1, 0.15) is 35.2 Å². The number of benzene rings is 10. The lowest BCUT2D eigenvalue weighted by Gasteiger charge is -2.40. The predicted molar refractivity (Wildman–Crippen MR) is 267 cm³/mol. The second-order valence-electron chi connectivity index (χ2n) is 16.9. The van der Waals surface area contributed by atoms with Crippen LogP contribution in [0.4, 0.5) is 0 Å². The van der Waals surface area contributed by atoms with E-state index < -0.39 is 0 Å². The molecule has 0 radical (unpaired) electrons. The van der Waals surface area contributed by atoms with Crippen molar-refractivity contribution in [3.05, 3.63) is 247 Å². The van der Waals surface area contributed by atoms with E-state index in [1.54, 1.807) is 0 Å². The molecule has 10 aromatic carbocycles. The molecule has 12 rings (SSSR count). The number of nitrogens with one attached hydrogen (secondary N) is 3. The van der Waals surface area contributed by atoms with Gasteiger partial charge in [-0.25, -0.2) is 4.98 Å². The summed E-state index contributed by atoms with van der Waals surface area (Å²) in [4.78, 5) is 5.21. The van der Waals surface area contributed by atoms with Gasteiger partial charge >= 0.3 is 0 Å². The van der Waals surface area contributed by atoms with Crippen molar-refractivity contribution in [2.24, 2.45) is 0 Å². The Bertz CT molecular complexity index is 3440. The first-order valence-corrected chi connectivity index (χ1v) is 22.1. The van der Waals surface area contributed by atoms with Crippen LogP contribution in [0.25, 0.3) is 87.9 Å². The van der Waals surface area contributed by atoms with E-state index in [0.29, 0.717) is 0 Å². The highest BCUT2D eigenvalue weighted by Crippen LogP contribution is 2.38. The van der Waals surface area contributed by atoms with Gasteiger partial charge in [-0.2, -0.15) is 0 Å². The molecule has 1 aliphatic heterocycles. The minimum atomic E-state index is -0.153. The number of fused-ring (bicyclic) bond motifs is 5. The molecule has 304 valence electrons. The summed E-state index contributed by atoms with van der Waals surface area (Å²) in [5.41, 5.74) is 13.7. The molecule has 1 saturated heterocycles. The van der Waals surface area contributed by atoms with Crippen LogP contribution in [0.5, 0.6) is 0 Å². The SMILES string of the molecule is c1ccc(C2NC(c3ccccc3)NC(c3cc(-c4ccc(-c5ccc6ccccc6c5)cc4)cc(-c4ccc5cc(-c6nc7ccccc7c7ccccc67)ccc5c4)c3)N2)cc1. The van der Waals surface area contributed by atoms with Crippen LogP contribution in [0.3, 0.4) is 0 Å². The van der Waals surface area contributed by atoms with Gasteiger partial charge in [-0.1, -0.05) is 188 Å². The van der Waals surface area contributed by atoms with Crippen LogP contribution in [-0.2, 0) is 0 Å². The Hall–Kier alpha value is -7.73. The van der Waals surface area contributed by atoms with Crippen LogP contribution >= 0.6 is 0 Å². The molecule has 0 saturated carbocycles. The zero-order valence-electron chi connectivity index (χ0n) is 35.1. The topological polar surface area (TPSA) is 49.0 Å². The average Bonchev–Trinajstić information content (AvgIpc) is 3.38. The Labute approximate surface area is 372 Å². The molecular weight excluding hydrogens is 777 g/mol. The molecule has 4 heteroatoms. The normalized spacial score (nSPS) is 16.4. The molecule has 4 nitrogen and oxygen atoms in total.